The Morgan fingerprint density at radius 3 is 1.10 bits per heavy atom. The van der Waals surface area contributed by atoms with Gasteiger partial charge in [-0.05, 0) is 169 Å². The number of nitrogens with zero attached hydrogens (tertiary/aromatic N) is 19. The fraction of sp³-hybridized carbons (Fsp3) is 0.400. The lowest BCUT2D eigenvalue weighted by Crippen LogP contribution is -2.58. The first kappa shape index (κ1) is 85.7. The van der Waals surface area contributed by atoms with E-state index in [1.807, 2.05) is 60.3 Å². The molecule has 0 bridgehead atoms. The number of fused-ring (bicyclic) bond motifs is 3. The minimum atomic E-state index is -0.569. The standard InChI is InChI=1S/C32H33ClFN7O2.C30H32ClFN6O.C27H27Cl2FN6O.CH4/c1-6-25(42)39-14-19(5)40(15-18(39)4)30-22-13-23(33)28(21-9-7-8-10-24(21)34)37-31(22)41(32(43)38-30)29-26(17(2)3)35-16-36-27(29)20-11-12-20;1-16(2)24-27(25(19-11-12-19)34-15-33-24)38-29-21(13-22(31)26(35-29)20-7-5-6-8-23(20)32)28(36-30(38)39)37-14-17(3)9-10-18(37)4;1-14(2)21-23(24(29)32-13-31-21)36-26-18(11-19(28)22(33-26)17-7-5-6-8-20(17)30)25(34-27(36)37)35-12-15(3)9-10-16(35)4;/h6-10,13,16-20H,1,11-12,14-15H2,2-5H3;5-8,13,15-19H,9-12,14H2,1-4H3;5-8,11,13-16H,9-10,12H2,1-4H3;1H4/t18-,19+;17-,18-;15-,16-;/m100./s1. The summed E-state index contributed by atoms with van der Waals surface area (Å²) in [5, 5.41) is 2.63. The molecule has 1 amide bonds. The van der Waals surface area contributed by atoms with E-state index in [0.29, 0.717) is 103 Å². The van der Waals surface area contributed by atoms with Gasteiger partial charge in [0.25, 0.3) is 0 Å². The Morgan fingerprint density at radius 1 is 0.425 bits per heavy atom. The lowest BCUT2D eigenvalue weighted by Gasteiger charge is -2.44. The highest BCUT2D eigenvalue weighted by Crippen LogP contribution is 2.47. The average Bonchev–Trinajstić information content (AvgIpc) is 0.758. The molecule has 5 fully saturated rings. The van der Waals surface area contributed by atoms with Gasteiger partial charge in [-0.3, -0.25) is 4.79 Å². The largest absolute Gasteiger partial charge is 0.356 e. The number of hydrogen-bond acceptors (Lipinski definition) is 19. The van der Waals surface area contributed by atoms with Gasteiger partial charge < -0.3 is 19.6 Å². The van der Waals surface area contributed by atoms with Gasteiger partial charge in [0.1, 0.15) is 59.6 Å². The lowest BCUT2D eigenvalue weighted by atomic mass is 9.95. The molecule has 0 radical (unpaired) electrons. The summed E-state index contributed by atoms with van der Waals surface area (Å²) in [7, 11) is 0. The van der Waals surface area contributed by atoms with E-state index in [4.69, 9.17) is 61.4 Å². The van der Waals surface area contributed by atoms with Crippen LogP contribution >= 0.6 is 46.4 Å². The van der Waals surface area contributed by atoms with Gasteiger partial charge in [-0.1, -0.05) is 152 Å². The number of halogens is 7. The topological polar surface area (TPSA) is 251 Å². The number of aromatic nitrogens is 15. The highest BCUT2D eigenvalue weighted by molar-refractivity contribution is 6.35. The van der Waals surface area contributed by atoms with Crippen molar-refractivity contribution in [1.29, 1.82) is 0 Å². The molecule has 30 heteroatoms. The monoisotopic (exact) mass is 1700 g/mol. The Balaban J connectivity index is 0.000000147. The maximum Gasteiger partial charge on any atom is 0.356 e. The van der Waals surface area contributed by atoms with Crippen molar-refractivity contribution in [3.63, 3.8) is 0 Å². The maximum absolute atomic E-state index is 15.1. The molecular formula is C90H96Cl4F3N19O4. The van der Waals surface area contributed by atoms with Crippen LogP contribution in [0.25, 0.3) is 83.9 Å². The minimum Gasteiger partial charge on any atom is -0.353 e. The number of benzene rings is 3. The van der Waals surface area contributed by atoms with Crippen LogP contribution in [0.2, 0.25) is 20.2 Å². The van der Waals surface area contributed by atoms with E-state index in [-0.39, 0.29) is 122 Å². The summed E-state index contributed by atoms with van der Waals surface area (Å²) >= 11 is 26.9. The van der Waals surface area contributed by atoms with Crippen molar-refractivity contribution in [2.45, 2.75) is 196 Å². The van der Waals surface area contributed by atoms with Crippen LogP contribution in [0.15, 0.2) is 137 Å². The quantitative estimate of drug-likeness (QED) is 0.0683. The number of pyridine rings is 3. The molecular weight excluding hydrogens is 1610 g/mol. The predicted molar refractivity (Wildman–Crippen MR) is 470 cm³/mol. The van der Waals surface area contributed by atoms with E-state index in [0.717, 1.165) is 81.5 Å². The van der Waals surface area contributed by atoms with E-state index in [9.17, 15) is 28.0 Å². The van der Waals surface area contributed by atoms with Gasteiger partial charge in [0.05, 0.1) is 88.2 Å². The van der Waals surface area contributed by atoms with Gasteiger partial charge in [-0.25, -0.2) is 86.1 Å². The second-order valence-corrected chi connectivity index (χ2v) is 34.6. The summed E-state index contributed by atoms with van der Waals surface area (Å²) in [4.78, 5) is 118. The van der Waals surface area contributed by atoms with E-state index in [1.165, 1.54) is 39.7 Å². The normalized spacial score (nSPS) is 18.8. The molecule has 23 nitrogen and oxygen atoms in total. The summed E-state index contributed by atoms with van der Waals surface area (Å²) < 4.78 is 49.2. The van der Waals surface area contributed by atoms with Crippen LogP contribution in [0.5, 0.6) is 0 Å². The van der Waals surface area contributed by atoms with Crippen LogP contribution in [-0.4, -0.2) is 135 Å². The Hall–Kier alpha value is -10.7. The van der Waals surface area contributed by atoms with E-state index >= 15 is 4.39 Å². The maximum atomic E-state index is 15.1. The van der Waals surface area contributed by atoms with Gasteiger partial charge in [0.15, 0.2) is 22.1 Å². The number of hydrogen-bond donors (Lipinski definition) is 0. The molecule has 2 saturated carbocycles. The highest BCUT2D eigenvalue weighted by Gasteiger charge is 2.39. The van der Waals surface area contributed by atoms with Crippen LogP contribution < -0.4 is 31.8 Å². The molecule has 2 aliphatic carbocycles. The lowest BCUT2D eigenvalue weighted by molar-refractivity contribution is -0.128. The molecule has 624 valence electrons. The molecule has 0 unspecified atom stereocenters. The van der Waals surface area contributed by atoms with Crippen LogP contribution in [0, 0.1) is 29.3 Å². The van der Waals surface area contributed by atoms with Crippen molar-refractivity contribution < 1.29 is 18.0 Å². The number of piperidine rings is 2. The first-order valence-electron chi connectivity index (χ1n) is 40.6. The third kappa shape index (κ3) is 16.6. The number of carbonyl (C=O) groups excluding carboxylic acids is 1. The third-order valence-corrected chi connectivity index (χ3v) is 24.2. The molecule has 6 atom stereocenters. The molecule has 3 aliphatic heterocycles. The van der Waals surface area contributed by atoms with Crippen LogP contribution in [-0.2, 0) is 4.79 Å². The first-order chi connectivity index (χ1) is 57.0. The van der Waals surface area contributed by atoms with Gasteiger partial charge >= 0.3 is 17.1 Å². The second-order valence-electron chi connectivity index (χ2n) is 33.0. The van der Waals surface area contributed by atoms with Gasteiger partial charge in [0, 0.05) is 78.9 Å². The Morgan fingerprint density at radius 2 is 0.758 bits per heavy atom. The van der Waals surface area contributed by atoms with E-state index in [2.05, 4.69) is 88.9 Å². The molecule has 12 aromatic rings. The Labute approximate surface area is 714 Å². The molecule has 0 spiro atoms. The SMILES string of the molecule is C.C=CC(=O)N1C[C@H](C)N(c2nc(=O)n(-c3c(C(C)C)ncnc3C3CC3)c3nc(-c4ccccc4F)c(Cl)cc23)C[C@H]1C.CC(C)c1ncnc(C2CC2)c1-n1c(=O)nc(N2C[C@@H](C)CC[C@@H]2C)c2cc(Cl)c(-c3ccccc3F)nc21.CC(C)c1ncnc(Cl)c1-n1c(=O)nc(N2C[C@@H](C)CC[C@@H]2C)c2cc(Cl)c(-c3ccccc3F)nc21. The van der Waals surface area contributed by atoms with Gasteiger partial charge in [-0.15, -0.1) is 0 Å². The molecule has 17 rings (SSSR count). The predicted octanol–water partition coefficient (Wildman–Crippen LogP) is 19.4. The molecule has 3 saturated heterocycles. The average molecular weight is 1710 g/mol. The molecule has 120 heavy (non-hydrogen) atoms. The van der Waals surface area contributed by atoms with Crippen LogP contribution in [0.3, 0.4) is 0 Å². The number of anilines is 3. The number of carbonyl (C=O) groups is 1. The first-order valence-corrected chi connectivity index (χ1v) is 42.1. The Kier molecular flexibility index (Phi) is 25.1. The second kappa shape index (κ2) is 35.2. The molecule has 12 heterocycles. The summed E-state index contributed by atoms with van der Waals surface area (Å²) in [6.07, 6.45) is 13.9. The zero-order chi connectivity index (χ0) is 84.4. The summed E-state index contributed by atoms with van der Waals surface area (Å²) in [6, 6.07) is 24.2. The van der Waals surface area contributed by atoms with Crippen molar-refractivity contribution in [2.75, 3.05) is 40.9 Å². The summed E-state index contributed by atoms with van der Waals surface area (Å²) in [5.74, 6) is 1.23. The summed E-state index contributed by atoms with van der Waals surface area (Å²) in [6.45, 7) is 30.6. The molecule has 0 N–H and O–H groups in total. The van der Waals surface area contributed by atoms with Crippen molar-refractivity contribution in [3.05, 3.63) is 220 Å². The summed E-state index contributed by atoms with van der Waals surface area (Å²) in [5.41, 5.74) is 5.99. The minimum absolute atomic E-state index is 0. The molecule has 3 aromatic carbocycles. The van der Waals surface area contributed by atoms with Crippen molar-refractivity contribution in [2.24, 2.45) is 11.8 Å². The van der Waals surface area contributed by atoms with Crippen molar-refractivity contribution in [1.82, 2.24) is 78.4 Å². The Bertz CT molecular complexity index is 6140. The van der Waals surface area contributed by atoms with Crippen LogP contribution in [0.1, 0.15) is 200 Å². The smallest absolute Gasteiger partial charge is 0.353 e. The zero-order valence-corrected chi connectivity index (χ0v) is 71.3. The number of piperazine rings is 1. The fourth-order valence-electron chi connectivity index (χ4n) is 16.5. The number of amides is 1. The van der Waals surface area contributed by atoms with E-state index < -0.39 is 34.5 Å². The molecule has 5 aliphatic rings. The van der Waals surface area contributed by atoms with Gasteiger partial charge in [-0.2, -0.15) is 15.0 Å². The third-order valence-electron chi connectivity index (χ3n) is 23.1. The van der Waals surface area contributed by atoms with E-state index in [1.54, 1.807) is 94.9 Å². The van der Waals surface area contributed by atoms with Crippen LogP contribution in [0.4, 0.5) is 30.6 Å². The van der Waals surface area contributed by atoms with Crippen molar-refractivity contribution >= 4 is 103 Å². The highest BCUT2D eigenvalue weighted by atomic mass is 35.5. The van der Waals surface area contributed by atoms with Gasteiger partial charge in [0.2, 0.25) is 5.91 Å². The fourth-order valence-corrected chi connectivity index (χ4v) is 17.5. The number of rotatable bonds is 15. The van der Waals surface area contributed by atoms with Crippen molar-refractivity contribution in [3.8, 4) is 50.8 Å². The zero-order valence-electron chi connectivity index (χ0n) is 68.3. The molecule has 9 aromatic heterocycles.